The second kappa shape index (κ2) is 6.14. The van der Waals surface area contributed by atoms with Crippen LogP contribution < -0.4 is 16.6 Å². The molecule has 4 N–H and O–H groups in total. The smallest absolute Gasteiger partial charge is 0.259 e. The maximum absolute atomic E-state index is 12.2. The Kier molecular flexibility index (Phi) is 4.52. The van der Waals surface area contributed by atoms with Gasteiger partial charge in [-0.3, -0.25) is 15.6 Å². The third-order valence-electron chi connectivity index (χ3n) is 2.40. The first-order valence-electron chi connectivity index (χ1n) is 5.29. The third kappa shape index (κ3) is 3.31. The van der Waals surface area contributed by atoms with Crippen LogP contribution in [0.25, 0.3) is 0 Å². The molecule has 0 spiro atoms. The van der Waals surface area contributed by atoms with Crippen LogP contribution in [0.5, 0.6) is 0 Å². The van der Waals surface area contributed by atoms with Gasteiger partial charge in [0.2, 0.25) is 0 Å². The number of aromatic nitrogens is 1. The van der Waals surface area contributed by atoms with Crippen LogP contribution in [0, 0.1) is 0 Å². The highest BCUT2D eigenvalue weighted by Crippen LogP contribution is 2.27. The Hall–Kier alpha value is -1.44. The average molecular weight is 386 g/mol. The van der Waals surface area contributed by atoms with E-state index in [0.29, 0.717) is 16.9 Å². The van der Waals surface area contributed by atoms with Gasteiger partial charge < -0.3 is 10.7 Å². The highest BCUT2D eigenvalue weighted by molar-refractivity contribution is 9.11. The summed E-state index contributed by atoms with van der Waals surface area (Å²) < 4.78 is 1.70. The highest BCUT2D eigenvalue weighted by Gasteiger charge is 2.12. The molecule has 1 aromatic carbocycles. The number of pyridine rings is 1. The van der Waals surface area contributed by atoms with Crippen molar-refractivity contribution in [1.29, 1.82) is 0 Å². The van der Waals surface area contributed by atoms with Gasteiger partial charge in [-0.15, -0.1) is 0 Å². The zero-order chi connectivity index (χ0) is 13.8. The van der Waals surface area contributed by atoms with Crippen molar-refractivity contribution in [1.82, 2.24) is 4.98 Å². The number of anilines is 2. The molecule has 5 nitrogen and oxygen atoms in total. The summed E-state index contributed by atoms with van der Waals surface area (Å²) in [6.45, 7) is 0. The molecule has 0 saturated heterocycles. The minimum Gasteiger partial charge on any atom is -0.323 e. The normalized spacial score (nSPS) is 10.1. The lowest BCUT2D eigenvalue weighted by Gasteiger charge is -2.10. The molecule has 0 atom stereocenters. The van der Waals surface area contributed by atoms with E-state index in [4.69, 9.17) is 5.84 Å². The Morgan fingerprint density at radius 3 is 2.68 bits per heavy atom. The lowest BCUT2D eigenvalue weighted by molar-refractivity contribution is 0.102. The number of benzene rings is 1. The molecular weight excluding hydrogens is 376 g/mol. The number of hydrogen-bond acceptors (Lipinski definition) is 4. The number of amides is 1. The standard InChI is InChI=1S/C12H10Br2N4O/c13-7-1-2-11(9(14)5-7)17-12(19)8-6-16-4-3-10(8)18-15/h1-6H,15H2,(H,16,18)(H,17,19). The van der Waals surface area contributed by atoms with Gasteiger partial charge >= 0.3 is 0 Å². The minimum absolute atomic E-state index is 0.288. The van der Waals surface area contributed by atoms with Gasteiger partial charge in [-0.1, -0.05) is 15.9 Å². The molecule has 2 aromatic rings. The van der Waals surface area contributed by atoms with Gasteiger partial charge in [0.05, 0.1) is 16.9 Å². The molecule has 19 heavy (non-hydrogen) atoms. The van der Waals surface area contributed by atoms with Gasteiger partial charge in [0.25, 0.3) is 5.91 Å². The number of nitrogen functional groups attached to an aromatic ring is 1. The molecular formula is C12H10Br2N4O. The van der Waals surface area contributed by atoms with E-state index in [2.05, 4.69) is 47.6 Å². The maximum Gasteiger partial charge on any atom is 0.259 e. The first kappa shape index (κ1) is 14.0. The van der Waals surface area contributed by atoms with E-state index in [0.717, 1.165) is 8.95 Å². The van der Waals surface area contributed by atoms with Crippen LogP contribution in [0.1, 0.15) is 10.4 Å². The first-order valence-corrected chi connectivity index (χ1v) is 6.87. The number of hydrazine groups is 1. The van der Waals surface area contributed by atoms with Crippen LogP contribution in [0.3, 0.4) is 0 Å². The SMILES string of the molecule is NNc1ccncc1C(=O)Nc1ccc(Br)cc1Br. The molecule has 0 radical (unpaired) electrons. The van der Waals surface area contributed by atoms with Gasteiger partial charge in [0.15, 0.2) is 0 Å². The van der Waals surface area contributed by atoms with Crippen molar-refractivity contribution in [2.75, 3.05) is 10.7 Å². The van der Waals surface area contributed by atoms with Crippen molar-refractivity contribution >= 4 is 49.1 Å². The number of halogens is 2. The average Bonchev–Trinajstić information content (AvgIpc) is 2.41. The Labute approximate surface area is 126 Å². The zero-order valence-corrected chi connectivity index (χ0v) is 12.8. The summed E-state index contributed by atoms with van der Waals surface area (Å²) in [5.41, 5.74) is 4.02. The molecule has 0 bridgehead atoms. The van der Waals surface area contributed by atoms with Crippen molar-refractivity contribution in [2.24, 2.45) is 5.84 Å². The van der Waals surface area contributed by atoms with Gasteiger partial charge in [-0.2, -0.15) is 0 Å². The zero-order valence-electron chi connectivity index (χ0n) is 9.65. The van der Waals surface area contributed by atoms with E-state index in [1.165, 1.54) is 6.20 Å². The van der Waals surface area contributed by atoms with E-state index >= 15 is 0 Å². The fraction of sp³-hybridized carbons (Fsp3) is 0. The largest absolute Gasteiger partial charge is 0.323 e. The number of rotatable bonds is 3. The lowest BCUT2D eigenvalue weighted by Crippen LogP contribution is -2.17. The second-order valence-corrected chi connectivity index (χ2v) is 5.41. The van der Waals surface area contributed by atoms with Crippen LogP contribution in [0.15, 0.2) is 45.6 Å². The van der Waals surface area contributed by atoms with Crippen LogP contribution in [-0.2, 0) is 0 Å². The monoisotopic (exact) mass is 384 g/mol. The summed E-state index contributed by atoms with van der Waals surface area (Å²) in [5.74, 6) is 5.07. The Bertz CT molecular complexity index is 618. The van der Waals surface area contributed by atoms with Crippen LogP contribution >= 0.6 is 31.9 Å². The Morgan fingerprint density at radius 2 is 2.00 bits per heavy atom. The molecule has 7 heteroatoms. The number of nitrogens with one attached hydrogen (secondary N) is 2. The van der Waals surface area contributed by atoms with Gasteiger partial charge in [0, 0.05) is 21.3 Å². The summed E-state index contributed by atoms with van der Waals surface area (Å²) in [7, 11) is 0. The number of nitrogens with zero attached hydrogens (tertiary/aromatic N) is 1. The molecule has 98 valence electrons. The predicted octanol–water partition coefficient (Wildman–Crippen LogP) is 3.14. The van der Waals surface area contributed by atoms with E-state index < -0.39 is 0 Å². The van der Waals surface area contributed by atoms with E-state index in [-0.39, 0.29) is 5.91 Å². The summed E-state index contributed by atoms with van der Waals surface area (Å²) in [4.78, 5) is 16.1. The van der Waals surface area contributed by atoms with Gasteiger partial charge in [-0.05, 0) is 40.2 Å². The number of nitrogens with two attached hydrogens (primary N) is 1. The van der Waals surface area contributed by atoms with E-state index in [1.807, 2.05) is 12.1 Å². The van der Waals surface area contributed by atoms with Crippen molar-refractivity contribution in [3.05, 3.63) is 51.2 Å². The van der Waals surface area contributed by atoms with Crippen molar-refractivity contribution in [2.45, 2.75) is 0 Å². The van der Waals surface area contributed by atoms with E-state index in [9.17, 15) is 4.79 Å². The molecule has 1 aromatic heterocycles. The first-order chi connectivity index (χ1) is 9.11. The van der Waals surface area contributed by atoms with Crippen molar-refractivity contribution < 1.29 is 4.79 Å². The summed E-state index contributed by atoms with van der Waals surface area (Å²) in [6, 6.07) is 7.11. The molecule has 0 fully saturated rings. The molecule has 1 heterocycles. The molecule has 0 unspecified atom stereocenters. The fourth-order valence-electron chi connectivity index (χ4n) is 1.48. The van der Waals surface area contributed by atoms with Crippen molar-refractivity contribution in [3.63, 3.8) is 0 Å². The van der Waals surface area contributed by atoms with Gasteiger partial charge in [-0.25, -0.2) is 0 Å². The summed E-state index contributed by atoms with van der Waals surface area (Å²) in [5, 5.41) is 2.79. The molecule has 0 aliphatic carbocycles. The Morgan fingerprint density at radius 1 is 1.21 bits per heavy atom. The number of carbonyl (C=O) groups is 1. The molecule has 2 rings (SSSR count). The predicted molar refractivity (Wildman–Crippen MR) is 81.8 cm³/mol. The Balaban J connectivity index is 2.26. The molecule has 0 aliphatic heterocycles. The highest BCUT2D eigenvalue weighted by atomic mass is 79.9. The minimum atomic E-state index is -0.288. The van der Waals surface area contributed by atoms with Crippen LogP contribution in [0.4, 0.5) is 11.4 Å². The molecule has 0 saturated carbocycles. The maximum atomic E-state index is 12.2. The topological polar surface area (TPSA) is 80.0 Å². The van der Waals surface area contributed by atoms with Crippen LogP contribution in [-0.4, -0.2) is 10.9 Å². The summed E-state index contributed by atoms with van der Waals surface area (Å²) in [6.07, 6.45) is 3.01. The molecule has 1 amide bonds. The summed E-state index contributed by atoms with van der Waals surface area (Å²) >= 11 is 6.73. The van der Waals surface area contributed by atoms with Gasteiger partial charge in [0.1, 0.15) is 0 Å². The van der Waals surface area contributed by atoms with E-state index in [1.54, 1.807) is 18.3 Å². The van der Waals surface area contributed by atoms with Crippen LogP contribution in [0.2, 0.25) is 0 Å². The molecule has 0 aliphatic rings. The van der Waals surface area contributed by atoms with Crippen molar-refractivity contribution in [3.8, 4) is 0 Å². The number of hydrogen-bond donors (Lipinski definition) is 3. The second-order valence-electron chi connectivity index (χ2n) is 3.64. The third-order valence-corrected chi connectivity index (χ3v) is 3.55. The quantitative estimate of drug-likeness (QED) is 0.560. The fourth-order valence-corrected chi connectivity index (χ4v) is 2.63. The number of carbonyl (C=O) groups excluding carboxylic acids is 1. The lowest BCUT2D eigenvalue weighted by atomic mass is 10.2.